The van der Waals surface area contributed by atoms with Crippen LogP contribution in [0, 0.1) is 0 Å². The van der Waals surface area contributed by atoms with Crippen LogP contribution in [-0.2, 0) is 94.8 Å². The standard InChI is InChI=1S/3C6H8O7.2Hf.H3N/c3*7-3(8)1-6(13,5(11)12)2-4(9)10;;;/h3*13H,1-2H2,(H,7,8)(H,9,10)(H,11,12);;;1H3. The van der Waals surface area contributed by atoms with E-state index in [0.717, 1.165) is 0 Å². The fraction of sp³-hybridized carbons (Fsp3) is 0.500. The Balaban J connectivity index is -0.000000112. The van der Waals surface area contributed by atoms with Gasteiger partial charge < -0.3 is 72.2 Å². The molecule has 24 heteroatoms. The van der Waals surface area contributed by atoms with Gasteiger partial charge in [-0.25, -0.2) is 9.59 Å². The second-order valence-electron chi connectivity index (χ2n) is 7.42. The first-order valence-electron chi connectivity index (χ1n) is 9.49. The summed E-state index contributed by atoms with van der Waals surface area (Å²) in [5, 5.41) is 103. The van der Waals surface area contributed by atoms with E-state index in [2.05, 4.69) is 0 Å². The number of hydrogen-bond donors (Lipinski definition) is 12. The summed E-state index contributed by atoms with van der Waals surface area (Å²) in [6.45, 7) is 0. The average Bonchev–Trinajstić information content (AvgIpc) is 2.64. The van der Waals surface area contributed by atoms with Gasteiger partial charge in [0, 0.05) is 51.7 Å². The summed E-state index contributed by atoms with van der Waals surface area (Å²) in [6, 6.07) is 0. The fourth-order valence-corrected chi connectivity index (χ4v) is 2.14. The van der Waals surface area contributed by atoms with E-state index in [-0.39, 0.29) is 57.8 Å². The molecule has 0 aromatic heterocycles. The summed E-state index contributed by atoms with van der Waals surface area (Å²) in [7, 11) is 0. The zero-order valence-electron chi connectivity index (χ0n) is 21.2. The van der Waals surface area contributed by atoms with Gasteiger partial charge in [0.2, 0.25) is 0 Å². The van der Waals surface area contributed by atoms with Gasteiger partial charge in [-0.2, -0.15) is 0 Å². The SMILES string of the molecule is O=C(O)CC(O)(CC(=O)O)C(=O)O.O=C(O)CC(O)(CC(=O)O)C(=O)O.O=C(O)CC(O)(CC(=O)O)C(=O)[O-].[Hf].[Hf].[NH4+]. The Morgan fingerprint density at radius 3 is 0.643 bits per heavy atom. The molecule has 0 unspecified atom stereocenters. The first-order valence-corrected chi connectivity index (χ1v) is 9.49. The monoisotopic (exact) mass is 953 g/mol. The molecule has 238 valence electrons. The molecule has 42 heavy (non-hydrogen) atoms. The van der Waals surface area contributed by atoms with E-state index >= 15 is 0 Å². The number of carboxylic acids is 9. The minimum absolute atomic E-state index is 0. The van der Waals surface area contributed by atoms with Crippen molar-refractivity contribution < 1.29 is 156 Å². The molecule has 0 radical (unpaired) electrons. The van der Waals surface area contributed by atoms with Crippen LogP contribution in [0.3, 0.4) is 0 Å². The first-order chi connectivity index (χ1) is 17.3. The number of carboxylic acid groups (broad SMARTS) is 9. The predicted molar refractivity (Wildman–Crippen MR) is 115 cm³/mol. The van der Waals surface area contributed by atoms with Crippen LogP contribution >= 0.6 is 0 Å². The molecule has 0 aliphatic carbocycles. The van der Waals surface area contributed by atoms with E-state index < -0.39 is 109 Å². The molecule has 0 spiro atoms. The molecule has 0 rings (SSSR count). The Kier molecular flexibility index (Phi) is 27.5. The number of carbonyl (C=O) groups excluding carboxylic acids is 1. The van der Waals surface area contributed by atoms with Gasteiger partial charge in [-0.15, -0.1) is 0 Å². The Hall–Kier alpha value is -3.19. The predicted octanol–water partition coefficient (Wildman–Crippen LogP) is -4.71. The zero-order valence-corrected chi connectivity index (χ0v) is 28.4. The minimum atomic E-state index is -2.85. The van der Waals surface area contributed by atoms with Crippen molar-refractivity contribution in [3.05, 3.63) is 0 Å². The molecule has 0 aliphatic heterocycles. The second-order valence-corrected chi connectivity index (χ2v) is 7.42. The number of hydrogen-bond acceptors (Lipinski definition) is 13. The summed E-state index contributed by atoms with van der Waals surface area (Å²) < 4.78 is 0. The van der Waals surface area contributed by atoms with Gasteiger partial charge in [-0.3, -0.25) is 28.8 Å². The first kappa shape index (κ1) is 51.5. The van der Waals surface area contributed by atoms with E-state index in [1.165, 1.54) is 0 Å². The van der Waals surface area contributed by atoms with Crippen LogP contribution in [0.4, 0.5) is 0 Å². The average molecular weight is 950 g/mol. The molecule has 0 saturated carbocycles. The molecule has 15 N–H and O–H groups in total. The van der Waals surface area contributed by atoms with E-state index in [4.69, 9.17) is 56.2 Å². The zero-order chi connectivity index (χ0) is 31.9. The van der Waals surface area contributed by atoms with Gasteiger partial charge in [-0.05, 0) is 0 Å². The van der Waals surface area contributed by atoms with E-state index in [1.54, 1.807) is 0 Å². The smallest absolute Gasteiger partial charge is 0.336 e. The quantitative estimate of drug-likeness (QED) is 0.0686. The van der Waals surface area contributed by atoms with Gasteiger partial charge in [0.25, 0.3) is 0 Å². The van der Waals surface area contributed by atoms with Crippen LogP contribution in [-0.4, -0.2) is 127 Å². The fourth-order valence-electron chi connectivity index (χ4n) is 2.14. The molecule has 0 fully saturated rings. The Morgan fingerprint density at radius 1 is 0.405 bits per heavy atom. The van der Waals surface area contributed by atoms with Crippen molar-refractivity contribution in [2.24, 2.45) is 0 Å². The number of rotatable bonds is 15. The normalized spacial score (nSPS) is 10.1. The minimum Gasteiger partial charge on any atom is -0.547 e. The molecule has 0 aromatic rings. The van der Waals surface area contributed by atoms with Crippen molar-refractivity contribution in [3.63, 3.8) is 0 Å². The summed E-state index contributed by atoms with van der Waals surface area (Å²) in [5.41, 5.74) is -8.33. The van der Waals surface area contributed by atoms with Gasteiger partial charge in [0.1, 0.15) is 5.60 Å². The molecule has 0 heterocycles. The van der Waals surface area contributed by atoms with Crippen LogP contribution < -0.4 is 11.3 Å². The number of aliphatic carboxylic acids is 9. The van der Waals surface area contributed by atoms with Crippen molar-refractivity contribution in [2.45, 2.75) is 55.3 Å². The maximum Gasteiger partial charge on any atom is 0.336 e. The van der Waals surface area contributed by atoms with Crippen LogP contribution in [0.1, 0.15) is 38.5 Å². The number of aliphatic hydroxyl groups is 3. The largest absolute Gasteiger partial charge is 0.547 e. The summed E-state index contributed by atoms with van der Waals surface area (Å²) in [4.78, 5) is 91.3. The van der Waals surface area contributed by atoms with Crippen molar-refractivity contribution in [3.8, 4) is 0 Å². The molecular formula is C18H27Hf2NO21. The topological polar surface area (TPSA) is 436 Å². The summed E-state index contributed by atoms with van der Waals surface area (Å²) >= 11 is 0. The second kappa shape index (κ2) is 22.4. The van der Waals surface area contributed by atoms with Crippen molar-refractivity contribution >= 4 is 53.7 Å². The molecule has 0 bridgehead atoms. The number of carbonyl (C=O) groups is 9. The van der Waals surface area contributed by atoms with Gasteiger partial charge in [0.15, 0.2) is 11.2 Å². The van der Waals surface area contributed by atoms with Crippen LogP contribution in [0.15, 0.2) is 0 Å². The van der Waals surface area contributed by atoms with E-state index in [9.17, 15) is 48.3 Å². The van der Waals surface area contributed by atoms with Crippen molar-refractivity contribution in [2.75, 3.05) is 0 Å². The Bertz CT molecular complexity index is 824. The molecule has 0 amide bonds. The van der Waals surface area contributed by atoms with Gasteiger partial charge in [0.05, 0.1) is 44.5 Å². The summed E-state index contributed by atoms with van der Waals surface area (Å²) in [6.07, 6.45) is -6.99. The van der Waals surface area contributed by atoms with Crippen molar-refractivity contribution in [1.29, 1.82) is 0 Å². The maximum absolute atomic E-state index is 10.3. The third-order valence-corrected chi connectivity index (χ3v) is 3.84. The third kappa shape index (κ3) is 23.5. The van der Waals surface area contributed by atoms with Gasteiger partial charge in [-0.1, -0.05) is 0 Å². The van der Waals surface area contributed by atoms with Gasteiger partial charge >= 0.3 is 47.8 Å². The molecule has 0 aliphatic rings. The van der Waals surface area contributed by atoms with E-state index in [1.807, 2.05) is 0 Å². The molecule has 0 aromatic carbocycles. The molecular weight excluding hydrogens is 923 g/mol. The Labute approximate surface area is 270 Å². The number of quaternary nitrogens is 1. The van der Waals surface area contributed by atoms with Crippen LogP contribution in [0.5, 0.6) is 0 Å². The summed E-state index contributed by atoms with van der Waals surface area (Å²) in [5.74, 6) is -15.4. The molecule has 22 nitrogen and oxygen atoms in total. The Morgan fingerprint density at radius 2 is 0.548 bits per heavy atom. The van der Waals surface area contributed by atoms with Crippen LogP contribution in [0.2, 0.25) is 0 Å². The van der Waals surface area contributed by atoms with Crippen LogP contribution in [0.25, 0.3) is 0 Å². The van der Waals surface area contributed by atoms with E-state index in [0.29, 0.717) is 0 Å². The molecule has 0 saturated heterocycles. The third-order valence-electron chi connectivity index (χ3n) is 3.84. The molecule has 0 atom stereocenters. The van der Waals surface area contributed by atoms with Crippen molar-refractivity contribution in [1.82, 2.24) is 6.15 Å². The maximum atomic E-state index is 10.3.